The van der Waals surface area contributed by atoms with Gasteiger partial charge in [-0.25, -0.2) is 0 Å². The van der Waals surface area contributed by atoms with Crippen LogP contribution in [0.3, 0.4) is 0 Å². The van der Waals surface area contributed by atoms with Gasteiger partial charge in [-0.15, -0.1) is 0 Å². The lowest BCUT2D eigenvalue weighted by Gasteiger charge is -2.35. The number of nitrogens with zero attached hydrogens (tertiary/aromatic N) is 2. The predicted molar refractivity (Wildman–Crippen MR) is 54.2 cm³/mol. The van der Waals surface area contributed by atoms with Crippen molar-refractivity contribution >= 4 is 0 Å². The third-order valence-corrected chi connectivity index (χ3v) is 2.88. The molecular formula is C10H17N3O2. The van der Waals surface area contributed by atoms with Gasteiger partial charge >= 0.3 is 0 Å². The summed E-state index contributed by atoms with van der Waals surface area (Å²) in [5.41, 5.74) is 0. The first-order valence-corrected chi connectivity index (χ1v) is 5.47. The average Bonchev–Trinajstić information content (AvgIpc) is 2.80. The van der Waals surface area contributed by atoms with Crippen molar-refractivity contribution in [1.82, 2.24) is 10.2 Å². The molecule has 5 nitrogen and oxygen atoms in total. The molecule has 0 spiro atoms. The Balaban J connectivity index is 1.94. The van der Waals surface area contributed by atoms with E-state index >= 15 is 0 Å². The smallest absolute Gasteiger partial charge is 0.174 e. The van der Waals surface area contributed by atoms with Gasteiger partial charge in [-0.2, -0.15) is 5.26 Å². The van der Waals surface area contributed by atoms with Crippen LogP contribution in [0.5, 0.6) is 0 Å². The molecule has 84 valence electrons. The molecule has 2 saturated heterocycles. The van der Waals surface area contributed by atoms with Crippen LogP contribution in [0.15, 0.2) is 0 Å². The molecule has 1 atom stereocenters. The summed E-state index contributed by atoms with van der Waals surface area (Å²) in [5.74, 6) is 0. The summed E-state index contributed by atoms with van der Waals surface area (Å²) in [6, 6.07) is 2.32. The molecule has 0 aromatic rings. The Bertz CT molecular complexity index is 229. The quantitative estimate of drug-likeness (QED) is 0.685. The van der Waals surface area contributed by atoms with E-state index in [2.05, 4.69) is 16.3 Å². The van der Waals surface area contributed by atoms with Gasteiger partial charge in [0.25, 0.3) is 0 Å². The maximum atomic E-state index is 8.82. The van der Waals surface area contributed by atoms with Gasteiger partial charge in [0.15, 0.2) is 6.29 Å². The van der Waals surface area contributed by atoms with E-state index in [0.29, 0.717) is 19.6 Å². The molecule has 0 aliphatic carbocycles. The maximum Gasteiger partial charge on any atom is 0.174 e. The van der Waals surface area contributed by atoms with Crippen molar-refractivity contribution in [3.8, 4) is 6.07 Å². The van der Waals surface area contributed by atoms with Crippen LogP contribution in [0.2, 0.25) is 0 Å². The molecule has 2 aliphatic rings. The van der Waals surface area contributed by atoms with E-state index < -0.39 is 0 Å². The lowest BCUT2D eigenvalue weighted by Crippen LogP contribution is -2.52. The minimum Gasteiger partial charge on any atom is -0.349 e. The minimum absolute atomic E-state index is 0.0969. The first-order chi connectivity index (χ1) is 7.42. The van der Waals surface area contributed by atoms with Crippen LogP contribution in [0.25, 0.3) is 0 Å². The second kappa shape index (κ2) is 5.42. The molecule has 0 radical (unpaired) electrons. The molecule has 2 heterocycles. The lowest BCUT2D eigenvalue weighted by atomic mass is 10.1. The van der Waals surface area contributed by atoms with Crippen LogP contribution in [-0.2, 0) is 9.47 Å². The van der Waals surface area contributed by atoms with Gasteiger partial charge in [0, 0.05) is 26.2 Å². The van der Waals surface area contributed by atoms with Crippen molar-refractivity contribution < 1.29 is 9.47 Å². The molecule has 5 heteroatoms. The van der Waals surface area contributed by atoms with E-state index in [4.69, 9.17) is 14.7 Å². The summed E-state index contributed by atoms with van der Waals surface area (Å²) < 4.78 is 11.0. The van der Waals surface area contributed by atoms with Gasteiger partial charge in [-0.1, -0.05) is 0 Å². The van der Waals surface area contributed by atoms with E-state index in [9.17, 15) is 0 Å². The Morgan fingerprint density at radius 3 is 2.60 bits per heavy atom. The molecule has 2 rings (SSSR count). The van der Waals surface area contributed by atoms with Crippen LogP contribution in [0.4, 0.5) is 0 Å². The van der Waals surface area contributed by atoms with Crippen molar-refractivity contribution in [2.24, 2.45) is 0 Å². The molecule has 1 unspecified atom stereocenters. The second-order valence-corrected chi connectivity index (χ2v) is 3.83. The fraction of sp³-hybridized carbons (Fsp3) is 0.900. The number of rotatable bonds is 3. The van der Waals surface area contributed by atoms with E-state index in [0.717, 1.165) is 26.2 Å². The Kier molecular flexibility index (Phi) is 3.92. The molecule has 0 saturated carbocycles. The minimum atomic E-state index is -0.206. The fourth-order valence-corrected chi connectivity index (χ4v) is 2.10. The van der Waals surface area contributed by atoms with Crippen LogP contribution < -0.4 is 5.32 Å². The van der Waals surface area contributed by atoms with Gasteiger partial charge in [0.2, 0.25) is 0 Å². The molecule has 0 aromatic heterocycles. The van der Waals surface area contributed by atoms with Gasteiger partial charge in [0.05, 0.1) is 31.7 Å². The number of hydrogen-bond donors (Lipinski definition) is 1. The first kappa shape index (κ1) is 10.8. The number of piperazine rings is 1. The summed E-state index contributed by atoms with van der Waals surface area (Å²) in [6.45, 7) is 5.20. The topological polar surface area (TPSA) is 57.5 Å². The number of hydrogen-bond acceptors (Lipinski definition) is 5. The molecule has 1 N–H and O–H groups in total. The van der Waals surface area contributed by atoms with Crippen LogP contribution in [-0.4, -0.2) is 56.6 Å². The predicted octanol–water partition coefficient (Wildman–Crippen LogP) is -0.453. The number of nitriles is 1. The Morgan fingerprint density at radius 2 is 2.00 bits per heavy atom. The summed E-state index contributed by atoms with van der Waals surface area (Å²) in [5, 5.41) is 12.1. The van der Waals surface area contributed by atoms with Crippen LogP contribution in [0.1, 0.15) is 6.42 Å². The molecule has 0 amide bonds. The molecular weight excluding hydrogens is 194 g/mol. The Morgan fingerprint density at radius 1 is 1.33 bits per heavy atom. The van der Waals surface area contributed by atoms with E-state index in [1.54, 1.807) is 0 Å². The third-order valence-electron chi connectivity index (χ3n) is 2.88. The number of nitrogens with one attached hydrogen (secondary N) is 1. The fourth-order valence-electron chi connectivity index (χ4n) is 2.10. The zero-order valence-corrected chi connectivity index (χ0v) is 8.82. The molecule has 0 aromatic carbocycles. The largest absolute Gasteiger partial charge is 0.349 e. The van der Waals surface area contributed by atoms with Crippen molar-refractivity contribution in [1.29, 1.82) is 5.26 Å². The summed E-state index contributed by atoms with van der Waals surface area (Å²) >= 11 is 0. The van der Waals surface area contributed by atoms with Gasteiger partial charge in [0.1, 0.15) is 0 Å². The molecule has 2 aliphatic heterocycles. The standard InChI is InChI=1S/C10H17N3O2/c11-2-1-9(10-14-7-8-15-10)13-5-3-12-4-6-13/h9-10,12H,1,3-8H2. The van der Waals surface area contributed by atoms with Crippen molar-refractivity contribution in [3.63, 3.8) is 0 Å². The van der Waals surface area contributed by atoms with E-state index in [1.807, 2.05) is 0 Å². The summed E-state index contributed by atoms with van der Waals surface area (Å²) in [4.78, 5) is 2.29. The summed E-state index contributed by atoms with van der Waals surface area (Å²) in [7, 11) is 0. The molecule has 15 heavy (non-hydrogen) atoms. The van der Waals surface area contributed by atoms with E-state index in [1.165, 1.54) is 0 Å². The monoisotopic (exact) mass is 211 g/mol. The van der Waals surface area contributed by atoms with Gasteiger partial charge in [-0.05, 0) is 0 Å². The Labute approximate surface area is 89.9 Å². The normalized spacial score (nSPS) is 26.3. The van der Waals surface area contributed by atoms with Gasteiger partial charge < -0.3 is 14.8 Å². The first-order valence-electron chi connectivity index (χ1n) is 5.47. The van der Waals surface area contributed by atoms with Crippen molar-refractivity contribution in [2.75, 3.05) is 39.4 Å². The highest BCUT2D eigenvalue weighted by molar-refractivity contribution is 4.88. The van der Waals surface area contributed by atoms with Crippen molar-refractivity contribution in [3.05, 3.63) is 0 Å². The zero-order valence-electron chi connectivity index (χ0n) is 8.82. The average molecular weight is 211 g/mol. The highest BCUT2D eigenvalue weighted by Crippen LogP contribution is 2.17. The number of ether oxygens (including phenoxy) is 2. The Hall–Kier alpha value is -0.670. The molecule has 2 fully saturated rings. The highest BCUT2D eigenvalue weighted by atomic mass is 16.7. The third kappa shape index (κ3) is 2.67. The van der Waals surface area contributed by atoms with Crippen LogP contribution >= 0.6 is 0 Å². The summed E-state index contributed by atoms with van der Waals surface area (Å²) in [6.07, 6.45) is 0.271. The molecule has 0 bridgehead atoms. The van der Waals surface area contributed by atoms with E-state index in [-0.39, 0.29) is 12.3 Å². The van der Waals surface area contributed by atoms with Gasteiger partial charge in [-0.3, -0.25) is 4.90 Å². The van der Waals surface area contributed by atoms with Crippen molar-refractivity contribution in [2.45, 2.75) is 18.8 Å². The SMILES string of the molecule is N#CCC(C1OCCO1)N1CCNCC1. The second-order valence-electron chi connectivity index (χ2n) is 3.83. The zero-order chi connectivity index (χ0) is 10.5. The highest BCUT2D eigenvalue weighted by Gasteiger charge is 2.32. The van der Waals surface area contributed by atoms with Crippen LogP contribution in [0, 0.1) is 11.3 Å². The maximum absolute atomic E-state index is 8.82. The lowest BCUT2D eigenvalue weighted by molar-refractivity contribution is -0.0999.